The number of nitrogens with two attached hydrogens (primary N) is 1. The van der Waals surface area contributed by atoms with Gasteiger partial charge in [-0.05, 0) is 31.9 Å². The van der Waals surface area contributed by atoms with Crippen molar-refractivity contribution < 1.29 is 14.7 Å². The largest absolute Gasteiger partial charge is 0.478 e. The second-order valence-electron chi connectivity index (χ2n) is 5.44. The maximum Gasteiger partial charge on any atom is 0.335 e. The van der Waals surface area contributed by atoms with Crippen molar-refractivity contribution in [3.8, 4) is 0 Å². The number of aromatic nitrogens is 1. The Kier molecular flexibility index (Phi) is 4.04. The quantitative estimate of drug-likeness (QED) is 0.758. The molecule has 4 N–H and O–H groups in total. The van der Waals surface area contributed by atoms with Gasteiger partial charge >= 0.3 is 5.97 Å². The first kappa shape index (κ1) is 14.5. The number of pyridine rings is 1. The zero-order chi connectivity index (χ0) is 14.8. The molecule has 2 rings (SSSR count). The Morgan fingerprint density at radius 3 is 2.95 bits per heavy atom. The molecule has 0 spiro atoms. The lowest BCUT2D eigenvalue weighted by Crippen LogP contribution is -2.47. The van der Waals surface area contributed by atoms with Gasteiger partial charge in [-0.2, -0.15) is 0 Å². The number of carbonyl (C=O) groups is 2. The minimum atomic E-state index is -1.01. The highest BCUT2D eigenvalue weighted by Gasteiger charge is 2.42. The molecule has 2 atom stereocenters. The molecule has 1 aliphatic carbocycles. The monoisotopic (exact) mass is 277 g/mol. The number of amides is 1. The van der Waals surface area contributed by atoms with Crippen molar-refractivity contribution in [1.82, 2.24) is 10.3 Å². The molecule has 6 nitrogen and oxygen atoms in total. The summed E-state index contributed by atoms with van der Waals surface area (Å²) in [4.78, 5) is 27.2. The fourth-order valence-electron chi connectivity index (χ4n) is 2.56. The molecule has 0 saturated heterocycles. The molecule has 0 aliphatic heterocycles. The van der Waals surface area contributed by atoms with Gasteiger partial charge in [-0.3, -0.25) is 9.78 Å². The molecule has 1 amide bonds. The number of rotatable bonds is 4. The Morgan fingerprint density at radius 1 is 1.60 bits per heavy atom. The van der Waals surface area contributed by atoms with Crippen LogP contribution < -0.4 is 11.1 Å². The maximum atomic E-state index is 12.2. The molecule has 1 aliphatic rings. The van der Waals surface area contributed by atoms with E-state index in [0.717, 1.165) is 19.3 Å². The average molecular weight is 277 g/mol. The minimum Gasteiger partial charge on any atom is -0.478 e. The smallest absolute Gasteiger partial charge is 0.335 e. The van der Waals surface area contributed by atoms with Gasteiger partial charge in [-0.15, -0.1) is 0 Å². The Hall–Kier alpha value is -1.95. The van der Waals surface area contributed by atoms with Crippen LogP contribution >= 0.6 is 0 Å². The number of nitrogens with one attached hydrogen (secondary N) is 1. The van der Waals surface area contributed by atoms with Crippen LogP contribution in [0, 0.1) is 5.41 Å². The van der Waals surface area contributed by atoms with Crippen LogP contribution in [0.5, 0.6) is 0 Å². The highest BCUT2D eigenvalue weighted by molar-refractivity contribution is 5.87. The van der Waals surface area contributed by atoms with Crippen molar-refractivity contribution in [3.63, 3.8) is 0 Å². The molecular weight excluding hydrogens is 258 g/mol. The van der Waals surface area contributed by atoms with Gasteiger partial charge in [0.15, 0.2) is 0 Å². The molecule has 0 bridgehead atoms. The van der Waals surface area contributed by atoms with E-state index in [0.29, 0.717) is 5.69 Å². The van der Waals surface area contributed by atoms with Crippen molar-refractivity contribution in [2.24, 2.45) is 11.1 Å². The summed E-state index contributed by atoms with van der Waals surface area (Å²) in [6.45, 7) is 2.09. The van der Waals surface area contributed by atoms with Crippen LogP contribution in [0.2, 0.25) is 0 Å². The molecule has 108 valence electrons. The van der Waals surface area contributed by atoms with E-state index in [4.69, 9.17) is 10.8 Å². The zero-order valence-corrected chi connectivity index (χ0v) is 11.4. The predicted octanol–water partition coefficient (Wildman–Crippen LogP) is 0.913. The van der Waals surface area contributed by atoms with E-state index in [2.05, 4.69) is 10.3 Å². The van der Waals surface area contributed by atoms with Crippen molar-refractivity contribution in [2.75, 3.05) is 0 Å². The van der Waals surface area contributed by atoms with E-state index in [1.807, 2.05) is 6.92 Å². The first-order valence-electron chi connectivity index (χ1n) is 6.65. The van der Waals surface area contributed by atoms with Gasteiger partial charge in [0.05, 0.1) is 23.2 Å². The normalized spacial score (nSPS) is 25.4. The molecule has 0 aromatic carbocycles. The topological polar surface area (TPSA) is 105 Å². The third-order valence-electron chi connectivity index (χ3n) is 4.04. The summed E-state index contributed by atoms with van der Waals surface area (Å²) in [5, 5.41) is 11.7. The summed E-state index contributed by atoms with van der Waals surface area (Å²) < 4.78 is 0. The van der Waals surface area contributed by atoms with Crippen LogP contribution in [0.25, 0.3) is 0 Å². The lowest BCUT2D eigenvalue weighted by atomic mass is 9.84. The number of carbonyl (C=O) groups excluding carboxylic acids is 1. The highest BCUT2D eigenvalue weighted by Crippen LogP contribution is 2.36. The molecular formula is C14H19N3O3. The third kappa shape index (κ3) is 2.80. The van der Waals surface area contributed by atoms with E-state index in [9.17, 15) is 9.59 Å². The lowest BCUT2D eigenvalue weighted by molar-refractivity contribution is -0.130. The van der Waals surface area contributed by atoms with Crippen LogP contribution in [0.1, 0.15) is 42.2 Å². The van der Waals surface area contributed by atoms with E-state index in [-0.39, 0.29) is 24.1 Å². The Labute approximate surface area is 117 Å². The summed E-state index contributed by atoms with van der Waals surface area (Å²) in [6.07, 6.45) is 4.02. The summed E-state index contributed by atoms with van der Waals surface area (Å²) in [6, 6.07) is 2.75. The standard InChI is InChI=1S/C14H19N3O3/c1-14(5-2-3-11(14)15)13(20)17-8-10-7-9(12(18)19)4-6-16-10/h4,6-7,11H,2-3,5,8,15H2,1H3,(H,17,20)(H,18,19). The first-order valence-corrected chi connectivity index (χ1v) is 6.65. The average Bonchev–Trinajstić information content (AvgIpc) is 2.77. The molecule has 1 saturated carbocycles. The predicted molar refractivity (Wildman–Crippen MR) is 73.0 cm³/mol. The molecule has 20 heavy (non-hydrogen) atoms. The van der Waals surface area contributed by atoms with Gasteiger partial charge in [0, 0.05) is 12.2 Å². The fraction of sp³-hybridized carbons (Fsp3) is 0.500. The van der Waals surface area contributed by atoms with Gasteiger partial charge in [0.25, 0.3) is 0 Å². The number of hydrogen-bond acceptors (Lipinski definition) is 4. The van der Waals surface area contributed by atoms with Crippen molar-refractivity contribution in [3.05, 3.63) is 29.6 Å². The van der Waals surface area contributed by atoms with Crippen LogP contribution in [0.3, 0.4) is 0 Å². The second kappa shape index (κ2) is 5.58. The molecule has 1 heterocycles. The van der Waals surface area contributed by atoms with Crippen molar-refractivity contribution in [1.29, 1.82) is 0 Å². The molecule has 1 aromatic rings. The number of hydrogen-bond donors (Lipinski definition) is 3. The molecule has 1 aromatic heterocycles. The first-order chi connectivity index (χ1) is 9.43. The van der Waals surface area contributed by atoms with Crippen LogP contribution in [0.4, 0.5) is 0 Å². The lowest BCUT2D eigenvalue weighted by Gasteiger charge is -2.27. The van der Waals surface area contributed by atoms with E-state index >= 15 is 0 Å². The molecule has 1 fully saturated rings. The van der Waals surface area contributed by atoms with E-state index < -0.39 is 11.4 Å². The highest BCUT2D eigenvalue weighted by atomic mass is 16.4. The van der Waals surface area contributed by atoms with Crippen molar-refractivity contribution in [2.45, 2.75) is 38.8 Å². The summed E-state index contributed by atoms with van der Waals surface area (Å²) in [5.41, 5.74) is 6.14. The molecule has 2 unspecified atom stereocenters. The van der Waals surface area contributed by atoms with Gasteiger partial charge < -0.3 is 16.2 Å². The van der Waals surface area contributed by atoms with Gasteiger partial charge in [0.2, 0.25) is 5.91 Å². The summed E-state index contributed by atoms with van der Waals surface area (Å²) >= 11 is 0. The Morgan fingerprint density at radius 2 is 2.35 bits per heavy atom. The van der Waals surface area contributed by atoms with Crippen LogP contribution in [0.15, 0.2) is 18.3 Å². The summed E-state index contributed by atoms with van der Waals surface area (Å²) in [7, 11) is 0. The SMILES string of the molecule is CC1(C(=O)NCc2cc(C(=O)O)ccn2)CCCC1N. The van der Waals surface area contributed by atoms with E-state index in [1.54, 1.807) is 0 Å². The summed E-state index contributed by atoms with van der Waals surface area (Å²) in [5.74, 6) is -1.10. The number of nitrogens with zero attached hydrogens (tertiary/aromatic N) is 1. The third-order valence-corrected chi connectivity index (χ3v) is 4.04. The fourth-order valence-corrected chi connectivity index (χ4v) is 2.56. The minimum absolute atomic E-state index is 0.0926. The van der Waals surface area contributed by atoms with Crippen molar-refractivity contribution >= 4 is 11.9 Å². The van der Waals surface area contributed by atoms with Gasteiger partial charge in [-0.25, -0.2) is 4.79 Å². The molecule has 6 heteroatoms. The Balaban J connectivity index is 2.00. The number of aromatic carboxylic acids is 1. The number of carboxylic acid groups (broad SMARTS) is 1. The van der Waals surface area contributed by atoms with E-state index in [1.165, 1.54) is 18.3 Å². The van der Waals surface area contributed by atoms with Crippen LogP contribution in [-0.2, 0) is 11.3 Å². The second-order valence-corrected chi connectivity index (χ2v) is 5.44. The Bertz CT molecular complexity index is 532. The van der Waals surface area contributed by atoms with Crippen LogP contribution in [-0.4, -0.2) is 28.0 Å². The zero-order valence-electron chi connectivity index (χ0n) is 11.4. The maximum absolute atomic E-state index is 12.2. The van der Waals surface area contributed by atoms with Gasteiger partial charge in [0.1, 0.15) is 0 Å². The van der Waals surface area contributed by atoms with Gasteiger partial charge in [-0.1, -0.05) is 6.42 Å². The molecule has 0 radical (unpaired) electrons. The number of carboxylic acids is 1.